The zero-order chi connectivity index (χ0) is 29.4. The van der Waals surface area contributed by atoms with Gasteiger partial charge in [0.25, 0.3) is 0 Å². The summed E-state index contributed by atoms with van der Waals surface area (Å²) in [5.74, 6) is -5.78. The predicted octanol–water partition coefficient (Wildman–Crippen LogP) is 6.06. The van der Waals surface area contributed by atoms with Crippen LogP contribution in [0.15, 0.2) is 29.6 Å². The number of halogens is 3. The Morgan fingerprint density at radius 3 is 2.30 bits per heavy atom. The SMILES string of the molecule is CCCCOc1cc(F)c(NC(=O)Nc2csc(C(=O)OC)c2C(=O)O)cc1OCc1c(OC)ccc(F)c1F. The Morgan fingerprint density at radius 2 is 1.65 bits per heavy atom. The standard InChI is InChI=1S/C26H25F3N2O8S/c1-4-5-8-38-19-9-15(28)16(10-20(19)39-11-13-18(36-2)7-6-14(27)22(13)29)30-26(35)31-17-12-40-23(25(34)37-3)21(17)24(32)33/h6-7,9-10,12H,4-5,8,11H2,1-3H3,(H,32,33)(H2,30,31,35). The van der Waals surface area contributed by atoms with Crippen LogP contribution in [0.1, 0.15) is 45.4 Å². The van der Waals surface area contributed by atoms with Crippen LogP contribution in [0.5, 0.6) is 17.2 Å². The number of urea groups is 1. The molecule has 0 bridgehead atoms. The number of carboxylic acids is 1. The number of carboxylic acid groups (broad SMARTS) is 1. The van der Waals surface area contributed by atoms with Crippen molar-refractivity contribution in [1.82, 2.24) is 0 Å². The number of ether oxygens (including phenoxy) is 4. The first-order valence-electron chi connectivity index (χ1n) is 11.7. The Morgan fingerprint density at radius 1 is 0.950 bits per heavy atom. The van der Waals surface area contributed by atoms with Gasteiger partial charge in [-0.25, -0.2) is 27.6 Å². The maximum absolute atomic E-state index is 14.9. The lowest BCUT2D eigenvalue weighted by atomic mass is 10.2. The molecule has 14 heteroatoms. The van der Waals surface area contributed by atoms with Crippen molar-refractivity contribution in [3.63, 3.8) is 0 Å². The Kier molecular flexibility index (Phi) is 10.2. The molecule has 0 aliphatic rings. The zero-order valence-corrected chi connectivity index (χ0v) is 22.4. The van der Waals surface area contributed by atoms with E-state index in [1.807, 2.05) is 6.92 Å². The molecule has 1 heterocycles. The number of nitrogens with one attached hydrogen (secondary N) is 2. The summed E-state index contributed by atoms with van der Waals surface area (Å²) in [6, 6.07) is 3.10. The number of hydrogen-bond donors (Lipinski definition) is 3. The Hall–Kier alpha value is -4.46. The minimum atomic E-state index is -1.49. The van der Waals surface area contributed by atoms with E-state index in [1.54, 1.807) is 0 Å². The topological polar surface area (TPSA) is 132 Å². The van der Waals surface area contributed by atoms with Crippen LogP contribution in [0.25, 0.3) is 0 Å². The number of unbranched alkanes of at least 4 members (excludes halogenated alkanes) is 1. The number of thiophene rings is 1. The number of carbonyl (C=O) groups is 3. The molecule has 0 spiro atoms. The minimum Gasteiger partial charge on any atom is -0.496 e. The van der Waals surface area contributed by atoms with E-state index in [0.717, 1.165) is 43.1 Å². The average Bonchev–Trinajstić information content (AvgIpc) is 3.34. The van der Waals surface area contributed by atoms with Crippen LogP contribution in [0, 0.1) is 17.5 Å². The van der Waals surface area contributed by atoms with Gasteiger partial charge in [-0.3, -0.25) is 0 Å². The van der Waals surface area contributed by atoms with Crippen LogP contribution in [-0.4, -0.2) is 43.9 Å². The molecule has 0 radical (unpaired) electrons. The number of rotatable bonds is 12. The molecule has 0 fully saturated rings. The maximum atomic E-state index is 14.9. The van der Waals surface area contributed by atoms with Crippen LogP contribution in [0.2, 0.25) is 0 Å². The van der Waals surface area contributed by atoms with Crippen LogP contribution < -0.4 is 24.8 Å². The first-order valence-corrected chi connectivity index (χ1v) is 12.6. The number of carbonyl (C=O) groups excluding carboxylic acids is 2. The molecule has 0 atom stereocenters. The number of esters is 1. The Labute approximate surface area is 230 Å². The van der Waals surface area contributed by atoms with E-state index in [9.17, 15) is 32.7 Å². The zero-order valence-electron chi connectivity index (χ0n) is 21.6. The summed E-state index contributed by atoms with van der Waals surface area (Å²) in [5.41, 5.74) is -1.36. The van der Waals surface area contributed by atoms with E-state index < -0.39 is 53.3 Å². The molecule has 2 amide bonds. The van der Waals surface area contributed by atoms with Gasteiger partial charge in [-0.2, -0.15) is 0 Å². The van der Waals surface area contributed by atoms with E-state index in [4.69, 9.17) is 14.2 Å². The monoisotopic (exact) mass is 582 g/mol. The van der Waals surface area contributed by atoms with Gasteiger partial charge in [0, 0.05) is 17.5 Å². The van der Waals surface area contributed by atoms with E-state index >= 15 is 0 Å². The largest absolute Gasteiger partial charge is 0.496 e. The third-order valence-corrected chi connectivity index (χ3v) is 6.37. The number of benzene rings is 2. The molecular weight excluding hydrogens is 557 g/mol. The number of methoxy groups -OCH3 is 2. The highest BCUT2D eigenvalue weighted by Crippen LogP contribution is 2.35. The van der Waals surface area contributed by atoms with Gasteiger partial charge in [0.15, 0.2) is 29.0 Å². The molecule has 0 saturated carbocycles. The third-order valence-electron chi connectivity index (χ3n) is 5.41. The number of anilines is 2. The van der Waals surface area contributed by atoms with E-state index in [1.165, 1.54) is 18.6 Å². The van der Waals surface area contributed by atoms with Crippen LogP contribution in [-0.2, 0) is 11.3 Å². The van der Waals surface area contributed by atoms with E-state index in [2.05, 4.69) is 15.4 Å². The van der Waals surface area contributed by atoms with Crippen molar-refractivity contribution in [3.8, 4) is 17.2 Å². The second-order valence-corrected chi connectivity index (χ2v) is 8.92. The van der Waals surface area contributed by atoms with Crippen molar-refractivity contribution in [3.05, 3.63) is 63.1 Å². The molecule has 3 aromatic rings. The van der Waals surface area contributed by atoms with Gasteiger partial charge in [-0.05, 0) is 18.6 Å². The maximum Gasteiger partial charge on any atom is 0.349 e. The van der Waals surface area contributed by atoms with Gasteiger partial charge in [-0.1, -0.05) is 13.3 Å². The summed E-state index contributed by atoms with van der Waals surface area (Å²) >= 11 is 0.736. The highest BCUT2D eigenvalue weighted by molar-refractivity contribution is 7.13. The van der Waals surface area contributed by atoms with Crippen molar-refractivity contribution >= 4 is 40.7 Å². The summed E-state index contributed by atoms with van der Waals surface area (Å²) in [4.78, 5) is 35.9. The quantitative estimate of drug-likeness (QED) is 0.173. The molecule has 214 valence electrons. The molecule has 0 aliphatic heterocycles. The summed E-state index contributed by atoms with van der Waals surface area (Å²) in [6.45, 7) is 1.60. The summed E-state index contributed by atoms with van der Waals surface area (Å²) < 4.78 is 64.0. The van der Waals surface area contributed by atoms with Crippen LogP contribution >= 0.6 is 11.3 Å². The number of aromatic carboxylic acids is 1. The second kappa shape index (κ2) is 13.6. The minimum absolute atomic E-state index is 0.0171. The molecular formula is C26H25F3N2O8S. The second-order valence-electron chi connectivity index (χ2n) is 8.04. The fourth-order valence-electron chi connectivity index (χ4n) is 3.41. The smallest absolute Gasteiger partial charge is 0.349 e. The molecule has 3 rings (SSSR count). The lowest BCUT2D eigenvalue weighted by Crippen LogP contribution is -2.21. The summed E-state index contributed by atoms with van der Waals surface area (Å²) in [6.07, 6.45) is 1.42. The molecule has 0 unspecified atom stereocenters. The molecule has 0 aliphatic carbocycles. The van der Waals surface area contributed by atoms with Gasteiger partial charge < -0.3 is 34.7 Å². The lowest BCUT2D eigenvalue weighted by Gasteiger charge is -2.17. The Bertz CT molecular complexity index is 1410. The van der Waals surface area contributed by atoms with Gasteiger partial charge in [0.1, 0.15) is 22.8 Å². The number of hydrogen-bond acceptors (Lipinski definition) is 8. The fraction of sp³-hybridized carbons (Fsp3) is 0.269. The van der Waals surface area contributed by atoms with E-state index in [0.29, 0.717) is 6.42 Å². The summed E-state index contributed by atoms with van der Waals surface area (Å²) in [5, 5.41) is 15.2. The molecule has 10 nitrogen and oxygen atoms in total. The molecule has 0 saturated heterocycles. The third kappa shape index (κ3) is 6.94. The van der Waals surface area contributed by atoms with Gasteiger partial charge in [0.2, 0.25) is 0 Å². The van der Waals surface area contributed by atoms with Crippen LogP contribution in [0.4, 0.5) is 29.3 Å². The fourth-order valence-corrected chi connectivity index (χ4v) is 4.32. The molecule has 3 N–H and O–H groups in total. The van der Waals surface area contributed by atoms with Crippen LogP contribution in [0.3, 0.4) is 0 Å². The summed E-state index contributed by atoms with van der Waals surface area (Å²) in [7, 11) is 2.34. The Balaban J connectivity index is 1.88. The lowest BCUT2D eigenvalue weighted by molar-refractivity contribution is 0.0589. The highest BCUT2D eigenvalue weighted by atomic mass is 32.1. The highest BCUT2D eigenvalue weighted by Gasteiger charge is 2.25. The molecule has 2 aromatic carbocycles. The predicted molar refractivity (Wildman–Crippen MR) is 139 cm³/mol. The van der Waals surface area contributed by atoms with Gasteiger partial charge in [0.05, 0.1) is 37.8 Å². The van der Waals surface area contributed by atoms with Crippen molar-refractivity contribution in [2.75, 3.05) is 31.5 Å². The average molecular weight is 583 g/mol. The molecule has 40 heavy (non-hydrogen) atoms. The van der Waals surface area contributed by atoms with Crippen molar-refractivity contribution in [2.24, 2.45) is 0 Å². The van der Waals surface area contributed by atoms with E-state index in [-0.39, 0.29) is 40.0 Å². The van der Waals surface area contributed by atoms with Crippen molar-refractivity contribution < 1.29 is 51.6 Å². The first kappa shape index (κ1) is 30.1. The normalized spacial score (nSPS) is 10.6. The van der Waals surface area contributed by atoms with Gasteiger partial charge >= 0.3 is 18.0 Å². The first-order chi connectivity index (χ1) is 19.1. The number of amides is 2. The van der Waals surface area contributed by atoms with Gasteiger partial charge in [-0.15, -0.1) is 11.3 Å². The van der Waals surface area contributed by atoms with Crippen molar-refractivity contribution in [2.45, 2.75) is 26.4 Å². The molecule has 1 aromatic heterocycles. The van der Waals surface area contributed by atoms with Crippen molar-refractivity contribution in [1.29, 1.82) is 0 Å².